The van der Waals surface area contributed by atoms with Gasteiger partial charge in [0.25, 0.3) is 0 Å². The van der Waals surface area contributed by atoms with E-state index < -0.39 is 23.8 Å². The van der Waals surface area contributed by atoms with E-state index in [-0.39, 0.29) is 5.41 Å². The SMILES string of the molecule is CCCC(C)(C)CNCC(O)[C@H](Cc1ccccc1)NC(=O)OC(C)(C)C. The highest BCUT2D eigenvalue weighted by Gasteiger charge is 2.25. The summed E-state index contributed by atoms with van der Waals surface area (Å²) in [4.78, 5) is 12.2. The van der Waals surface area contributed by atoms with Crippen LogP contribution in [-0.2, 0) is 11.2 Å². The predicted octanol–water partition coefficient (Wildman–Crippen LogP) is 3.90. The molecule has 1 aromatic carbocycles. The summed E-state index contributed by atoms with van der Waals surface area (Å²) in [7, 11) is 0. The molecule has 5 heteroatoms. The molecule has 0 fully saturated rings. The van der Waals surface area contributed by atoms with Crippen molar-refractivity contribution in [2.24, 2.45) is 5.41 Å². The minimum absolute atomic E-state index is 0.183. The fourth-order valence-corrected chi connectivity index (χ4v) is 3.08. The molecule has 0 heterocycles. The number of amides is 1. The number of benzene rings is 1. The maximum atomic E-state index is 12.2. The molecular formula is C22H38N2O3. The number of hydrogen-bond acceptors (Lipinski definition) is 4. The minimum atomic E-state index is -0.713. The van der Waals surface area contributed by atoms with Crippen LogP contribution in [0.4, 0.5) is 4.79 Å². The number of aliphatic hydroxyl groups is 1. The van der Waals surface area contributed by atoms with Crippen LogP contribution < -0.4 is 10.6 Å². The summed E-state index contributed by atoms with van der Waals surface area (Å²) in [6.07, 6.45) is 1.58. The topological polar surface area (TPSA) is 70.6 Å². The summed E-state index contributed by atoms with van der Waals surface area (Å²) >= 11 is 0. The van der Waals surface area contributed by atoms with Crippen molar-refractivity contribution in [3.63, 3.8) is 0 Å². The monoisotopic (exact) mass is 378 g/mol. The second-order valence-electron chi connectivity index (χ2n) is 9.05. The van der Waals surface area contributed by atoms with Gasteiger partial charge in [0.1, 0.15) is 5.60 Å². The molecule has 0 radical (unpaired) electrons. The average Bonchev–Trinajstić information content (AvgIpc) is 2.53. The lowest BCUT2D eigenvalue weighted by Gasteiger charge is -2.29. The van der Waals surface area contributed by atoms with Gasteiger partial charge in [0, 0.05) is 13.1 Å². The van der Waals surface area contributed by atoms with Crippen LogP contribution in [0.15, 0.2) is 30.3 Å². The number of hydrogen-bond donors (Lipinski definition) is 3. The third-order valence-corrected chi connectivity index (χ3v) is 4.35. The number of aliphatic hydroxyl groups excluding tert-OH is 1. The standard InChI is InChI=1S/C22H38N2O3/c1-7-13-22(5,6)16-23-15-19(25)18(14-17-11-9-8-10-12-17)24-20(26)27-21(2,3)4/h8-12,18-19,23,25H,7,13-16H2,1-6H3,(H,24,26)/t18-,19?/m0/s1. The third kappa shape index (κ3) is 10.4. The van der Waals surface area contributed by atoms with Crippen LogP contribution in [0.2, 0.25) is 0 Å². The predicted molar refractivity (Wildman–Crippen MR) is 111 cm³/mol. The van der Waals surface area contributed by atoms with Crippen LogP contribution in [0.3, 0.4) is 0 Å². The van der Waals surface area contributed by atoms with Crippen molar-refractivity contribution in [3.8, 4) is 0 Å². The van der Waals surface area contributed by atoms with Gasteiger partial charge in [-0.2, -0.15) is 0 Å². The first kappa shape index (κ1) is 23.4. The second kappa shape index (κ2) is 10.7. The van der Waals surface area contributed by atoms with E-state index >= 15 is 0 Å². The molecule has 3 N–H and O–H groups in total. The van der Waals surface area contributed by atoms with Gasteiger partial charge < -0.3 is 20.5 Å². The van der Waals surface area contributed by atoms with E-state index in [1.807, 2.05) is 51.1 Å². The molecule has 2 atom stereocenters. The Labute approximate surface area is 164 Å². The summed E-state index contributed by atoms with van der Waals surface area (Å²) < 4.78 is 5.37. The number of nitrogens with one attached hydrogen (secondary N) is 2. The van der Waals surface area contributed by atoms with Gasteiger partial charge in [-0.05, 0) is 44.6 Å². The molecule has 27 heavy (non-hydrogen) atoms. The first-order valence-electron chi connectivity index (χ1n) is 9.94. The molecule has 154 valence electrons. The molecule has 1 amide bonds. The fraction of sp³-hybridized carbons (Fsp3) is 0.682. The maximum absolute atomic E-state index is 12.2. The van der Waals surface area contributed by atoms with Gasteiger partial charge in [-0.25, -0.2) is 4.79 Å². The summed E-state index contributed by atoms with van der Waals surface area (Å²) in [6, 6.07) is 9.43. The van der Waals surface area contributed by atoms with Gasteiger partial charge in [-0.1, -0.05) is 57.5 Å². The van der Waals surface area contributed by atoms with Crippen molar-refractivity contribution in [1.29, 1.82) is 0 Å². The third-order valence-electron chi connectivity index (χ3n) is 4.35. The van der Waals surface area contributed by atoms with E-state index in [0.717, 1.165) is 24.9 Å². The van der Waals surface area contributed by atoms with Crippen molar-refractivity contribution in [2.45, 2.75) is 78.6 Å². The lowest BCUT2D eigenvalue weighted by Crippen LogP contribution is -2.50. The smallest absolute Gasteiger partial charge is 0.407 e. The summed E-state index contributed by atoms with van der Waals surface area (Å²) in [5, 5.41) is 16.9. The van der Waals surface area contributed by atoms with E-state index in [0.29, 0.717) is 13.0 Å². The Morgan fingerprint density at radius 2 is 1.78 bits per heavy atom. The Kier molecular flexibility index (Phi) is 9.27. The molecule has 0 saturated carbocycles. The second-order valence-corrected chi connectivity index (χ2v) is 9.05. The maximum Gasteiger partial charge on any atom is 0.407 e. The summed E-state index contributed by atoms with van der Waals surface area (Å²) in [6.45, 7) is 13.3. The summed E-state index contributed by atoms with van der Waals surface area (Å²) in [5.41, 5.74) is 0.667. The highest BCUT2D eigenvalue weighted by molar-refractivity contribution is 5.68. The molecule has 1 unspecified atom stereocenters. The van der Waals surface area contributed by atoms with Crippen LogP contribution in [-0.4, -0.2) is 42.0 Å². The van der Waals surface area contributed by atoms with Crippen molar-refractivity contribution in [1.82, 2.24) is 10.6 Å². The average molecular weight is 379 g/mol. The van der Waals surface area contributed by atoms with Gasteiger partial charge >= 0.3 is 6.09 Å². The fourth-order valence-electron chi connectivity index (χ4n) is 3.08. The number of carbonyl (C=O) groups excluding carboxylic acids is 1. The molecule has 0 aliphatic carbocycles. The molecule has 5 nitrogen and oxygen atoms in total. The Hall–Kier alpha value is -1.59. The Bertz CT molecular complexity index is 552. The minimum Gasteiger partial charge on any atom is -0.444 e. The largest absolute Gasteiger partial charge is 0.444 e. The van der Waals surface area contributed by atoms with Gasteiger partial charge in [0.15, 0.2) is 0 Å². The molecule has 1 aromatic rings. The van der Waals surface area contributed by atoms with Crippen LogP contribution in [0.25, 0.3) is 0 Å². The molecule has 0 aliphatic heterocycles. The molecule has 0 bridgehead atoms. The van der Waals surface area contributed by atoms with E-state index in [1.165, 1.54) is 0 Å². The Morgan fingerprint density at radius 3 is 2.33 bits per heavy atom. The Balaban J connectivity index is 2.69. The van der Waals surface area contributed by atoms with Gasteiger partial charge in [0.05, 0.1) is 12.1 Å². The molecule has 0 aliphatic rings. The number of ether oxygens (including phenoxy) is 1. The van der Waals surface area contributed by atoms with Crippen molar-refractivity contribution in [3.05, 3.63) is 35.9 Å². The Morgan fingerprint density at radius 1 is 1.15 bits per heavy atom. The normalized spacial score (nSPS) is 14.5. The highest BCUT2D eigenvalue weighted by atomic mass is 16.6. The van der Waals surface area contributed by atoms with Crippen molar-refractivity contribution in [2.75, 3.05) is 13.1 Å². The van der Waals surface area contributed by atoms with Crippen LogP contribution in [0.1, 0.15) is 59.9 Å². The van der Waals surface area contributed by atoms with Gasteiger partial charge in [-0.15, -0.1) is 0 Å². The van der Waals surface area contributed by atoms with Crippen molar-refractivity contribution < 1.29 is 14.6 Å². The molecule has 0 aromatic heterocycles. The van der Waals surface area contributed by atoms with Crippen LogP contribution >= 0.6 is 0 Å². The summed E-state index contributed by atoms with van der Waals surface area (Å²) in [5.74, 6) is 0. The number of alkyl carbamates (subject to hydrolysis) is 1. The zero-order valence-corrected chi connectivity index (χ0v) is 17.8. The van der Waals surface area contributed by atoms with Gasteiger partial charge in [-0.3, -0.25) is 0 Å². The van der Waals surface area contributed by atoms with Crippen LogP contribution in [0, 0.1) is 5.41 Å². The molecule has 0 spiro atoms. The number of carbonyl (C=O) groups is 1. The first-order chi connectivity index (χ1) is 12.5. The van der Waals surface area contributed by atoms with E-state index in [2.05, 4.69) is 31.4 Å². The van der Waals surface area contributed by atoms with E-state index in [4.69, 9.17) is 4.74 Å². The number of rotatable bonds is 10. The van der Waals surface area contributed by atoms with E-state index in [1.54, 1.807) is 0 Å². The lowest BCUT2D eigenvalue weighted by atomic mass is 9.88. The highest BCUT2D eigenvalue weighted by Crippen LogP contribution is 2.20. The van der Waals surface area contributed by atoms with Crippen LogP contribution in [0.5, 0.6) is 0 Å². The zero-order chi connectivity index (χ0) is 20.5. The molecule has 0 saturated heterocycles. The first-order valence-corrected chi connectivity index (χ1v) is 9.94. The lowest BCUT2D eigenvalue weighted by molar-refractivity contribution is 0.0420. The van der Waals surface area contributed by atoms with E-state index in [9.17, 15) is 9.90 Å². The molecule has 1 rings (SSSR count). The van der Waals surface area contributed by atoms with Gasteiger partial charge in [0.2, 0.25) is 0 Å². The van der Waals surface area contributed by atoms with Crippen molar-refractivity contribution >= 4 is 6.09 Å². The quantitative estimate of drug-likeness (QED) is 0.577. The zero-order valence-electron chi connectivity index (χ0n) is 17.8. The molecular weight excluding hydrogens is 340 g/mol.